The molecule has 0 fully saturated rings. The minimum Gasteiger partial charge on any atom is -0.356 e. The highest BCUT2D eigenvalue weighted by Crippen LogP contribution is 2.30. The number of hydrogen-bond donors (Lipinski definition) is 1. The smallest absolute Gasteiger partial charge is 0.262 e. The first kappa shape index (κ1) is 17.2. The van der Waals surface area contributed by atoms with Gasteiger partial charge in [-0.15, -0.1) is 0 Å². The molecular weight excluding hydrogens is 343 g/mol. The van der Waals surface area contributed by atoms with Crippen molar-refractivity contribution in [2.24, 2.45) is 0 Å². The van der Waals surface area contributed by atoms with Gasteiger partial charge in [0.1, 0.15) is 5.82 Å². The van der Waals surface area contributed by atoms with Crippen LogP contribution in [0.4, 0.5) is 10.1 Å². The van der Waals surface area contributed by atoms with Gasteiger partial charge in [-0.3, -0.25) is 4.72 Å². The van der Waals surface area contributed by atoms with E-state index in [1.54, 1.807) is 25.1 Å². The van der Waals surface area contributed by atoms with Crippen LogP contribution in [-0.4, -0.2) is 13.6 Å². The van der Waals surface area contributed by atoms with Crippen LogP contribution in [0.3, 0.4) is 0 Å². The molecule has 0 saturated carbocycles. The van der Waals surface area contributed by atoms with Crippen LogP contribution in [-0.2, 0) is 10.0 Å². The lowest BCUT2D eigenvalue weighted by molar-refractivity contribution is 0.426. The largest absolute Gasteiger partial charge is 0.356 e. The Balaban J connectivity index is 2.06. The summed E-state index contributed by atoms with van der Waals surface area (Å²) in [6, 6.07) is 10.6. The number of nitrogens with zero attached hydrogens (tertiary/aromatic N) is 1. The van der Waals surface area contributed by atoms with Gasteiger partial charge in [0.2, 0.25) is 0 Å². The van der Waals surface area contributed by atoms with Crippen molar-refractivity contribution in [2.75, 3.05) is 4.72 Å². The number of halogens is 1. The van der Waals surface area contributed by atoms with Gasteiger partial charge in [-0.1, -0.05) is 29.4 Å². The molecule has 0 aliphatic carbocycles. The molecule has 0 unspecified atom stereocenters. The summed E-state index contributed by atoms with van der Waals surface area (Å²) < 4.78 is 46.8. The topological polar surface area (TPSA) is 72.2 Å². The van der Waals surface area contributed by atoms with Crippen LogP contribution in [0.15, 0.2) is 51.9 Å². The fraction of sp³-hybridized carbons (Fsp3) is 0.167. The molecule has 3 rings (SSSR count). The molecule has 0 radical (unpaired) electrons. The molecule has 0 spiro atoms. The van der Waals surface area contributed by atoms with Gasteiger partial charge in [-0.05, 0) is 44.5 Å². The summed E-state index contributed by atoms with van der Waals surface area (Å²) in [5.41, 5.74) is 2.62. The lowest BCUT2D eigenvalue weighted by Crippen LogP contribution is -2.15. The molecule has 0 saturated heterocycles. The second-order valence-corrected chi connectivity index (χ2v) is 7.44. The first-order valence-electron chi connectivity index (χ1n) is 7.61. The second-order valence-electron chi connectivity index (χ2n) is 5.79. The van der Waals surface area contributed by atoms with Gasteiger partial charge < -0.3 is 4.52 Å². The Morgan fingerprint density at radius 2 is 1.80 bits per heavy atom. The van der Waals surface area contributed by atoms with Crippen molar-refractivity contribution in [3.63, 3.8) is 0 Å². The van der Waals surface area contributed by atoms with Crippen LogP contribution < -0.4 is 4.72 Å². The summed E-state index contributed by atoms with van der Waals surface area (Å²) in [5, 5.41) is 3.90. The van der Waals surface area contributed by atoms with Crippen LogP contribution in [0, 0.1) is 26.6 Å². The molecule has 5 nitrogen and oxygen atoms in total. The number of aromatic nitrogens is 1. The predicted octanol–water partition coefficient (Wildman–Crippen LogP) is 4.21. The normalized spacial score (nSPS) is 11.5. The third-order valence-corrected chi connectivity index (χ3v) is 5.52. The summed E-state index contributed by atoms with van der Waals surface area (Å²) in [6.45, 7) is 5.35. The first-order chi connectivity index (χ1) is 11.8. The van der Waals surface area contributed by atoms with Gasteiger partial charge in [-0.2, -0.15) is 0 Å². The van der Waals surface area contributed by atoms with Crippen LogP contribution in [0.1, 0.15) is 16.8 Å². The van der Waals surface area contributed by atoms with Crippen molar-refractivity contribution in [1.29, 1.82) is 0 Å². The quantitative estimate of drug-likeness (QED) is 0.757. The minimum atomic E-state index is -3.96. The van der Waals surface area contributed by atoms with E-state index in [-0.39, 0.29) is 10.6 Å². The van der Waals surface area contributed by atoms with E-state index >= 15 is 0 Å². The van der Waals surface area contributed by atoms with Gasteiger partial charge in [0, 0.05) is 11.1 Å². The number of benzene rings is 2. The van der Waals surface area contributed by atoms with Crippen molar-refractivity contribution < 1.29 is 17.3 Å². The fourth-order valence-corrected chi connectivity index (χ4v) is 3.80. The lowest BCUT2D eigenvalue weighted by Gasteiger charge is -2.12. The highest BCUT2D eigenvalue weighted by molar-refractivity contribution is 7.92. The maximum Gasteiger partial charge on any atom is 0.262 e. The van der Waals surface area contributed by atoms with E-state index in [1.807, 2.05) is 13.8 Å². The fourth-order valence-electron chi connectivity index (χ4n) is 2.46. The Morgan fingerprint density at radius 3 is 2.44 bits per heavy atom. The van der Waals surface area contributed by atoms with Crippen LogP contribution in [0.2, 0.25) is 0 Å². The van der Waals surface area contributed by atoms with Crippen LogP contribution in [0.5, 0.6) is 0 Å². The zero-order valence-corrected chi connectivity index (χ0v) is 14.8. The van der Waals surface area contributed by atoms with Gasteiger partial charge >= 0.3 is 0 Å². The van der Waals surface area contributed by atoms with Gasteiger partial charge in [-0.25, -0.2) is 12.8 Å². The SMILES string of the molecule is Cc1ccc(-c2onc(C)c2C)cc1S(=O)(=O)Nc1ccccc1F. The maximum atomic E-state index is 13.8. The summed E-state index contributed by atoms with van der Waals surface area (Å²) in [7, 11) is -3.96. The third kappa shape index (κ3) is 3.28. The molecule has 3 aromatic rings. The van der Waals surface area contributed by atoms with E-state index in [1.165, 1.54) is 24.3 Å². The number of hydrogen-bond acceptors (Lipinski definition) is 4. The Bertz CT molecular complexity index is 1040. The highest BCUT2D eigenvalue weighted by atomic mass is 32.2. The molecule has 1 aromatic heterocycles. The number of sulfonamides is 1. The van der Waals surface area contributed by atoms with E-state index in [4.69, 9.17) is 4.52 Å². The Kier molecular flexibility index (Phi) is 4.34. The molecule has 0 bridgehead atoms. The predicted molar refractivity (Wildman–Crippen MR) is 93.4 cm³/mol. The number of rotatable bonds is 4. The van der Waals surface area contributed by atoms with Gasteiger partial charge in [0.15, 0.2) is 5.76 Å². The zero-order chi connectivity index (χ0) is 18.2. The lowest BCUT2D eigenvalue weighted by atomic mass is 10.1. The Hall–Kier alpha value is -2.67. The number of anilines is 1. The van der Waals surface area contributed by atoms with Gasteiger partial charge in [0.05, 0.1) is 16.3 Å². The van der Waals surface area contributed by atoms with E-state index in [2.05, 4.69) is 9.88 Å². The molecule has 1 heterocycles. The van der Waals surface area contributed by atoms with Gasteiger partial charge in [0.25, 0.3) is 10.0 Å². The van der Waals surface area contributed by atoms with E-state index in [0.717, 1.165) is 11.3 Å². The molecule has 7 heteroatoms. The molecule has 0 aliphatic heterocycles. The molecule has 0 aliphatic rings. The van der Waals surface area contributed by atoms with Crippen molar-refractivity contribution in [2.45, 2.75) is 25.7 Å². The summed E-state index contributed by atoms with van der Waals surface area (Å²) >= 11 is 0. The third-order valence-electron chi connectivity index (χ3n) is 4.02. The van der Waals surface area contributed by atoms with Crippen LogP contribution in [0.25, 0.3) is 11.3 Å². The van der Waals surface area contributed by atoms with Crippen LogP contribution >= 0.6 is 0 Å². The van der Waals surface area contributed by atoms with Crippen molar-refractivity contribution in [3.05, 3.63) is 65.1 Å². The molecule has 1 N–H and O–H groups in total. The summed E-state index contributed by atoms with van der Waals surface area (Å²) in [6.07, 6.45) is 0. The Labute approximate surface area is 145 Å². The van der Waals surface area contributed by atoms with E-state index in [0.29, 0.717) is 16.9 Å². The monoisotopic (exact) mass is 360 g/mol. The van der Waals surface area contributed by atoms with E-state index < -0.39 is 15.8 Å². The maximum absolute atomic E-state index is 13.8. The summed E-state index contributed by atoms with van der Waals surface area (Å²) in [5.74, 6) is -0.124. The van der Waals surface area contributed by atoms with Crippen molar-refractivity contribution in [1.82, 2.24) is 5.16 Å². The highest BCUT2D eigenvalue weighted by Gasteiger charge is 2.21. The number of para-hydroxylation sites is 1. The van der Waals surface area contributed by atoms with E-state index in [9.17, 15) is 12.8 Å². The Morgan fingerprint density at radius 1 is 1.08 bits per heavy atom. The standard InChI is InChI=1S/C18H17FN2O3S/c1-11-8-9-14(18-12(2)13(3)20-24-18)10-17(11)25(22,23)21-16-7-5-4-6-15(16)19/h4-10,21H,1-3H3. The number of aryl methyl sites for hydroxylation is 2. The number of nitrogens with one attached hydrogen (secondary N) is 1. The first-order valence-corrected chi connectivity index (χ1v) is 9.09. The molecule has 25 heavy (non-hydrogen) atoms. The van der Waals surface area contributed by atoms with Crippen molar-refractivity contribution in [3.8, 4) is 11.3 Å². The average molecular weight is 360 g/mol. The zero-order valence-electron chi connectivity index (χ0n) is 14.0. The molecule has 130 valence electrons. The molecule has 0 atom stereocenters. The molecule has 0 amide bonds. The minimum absolute atomic E-state index is 0.0571. The molecular formula is C18H17FN2O3S. The van der Waals surface area contributed by atoms with Crippen molar-refractivity contribution >= 4 is 15.7 Å². The summed E-state index contributed by atoms with van der Waals surface area (Å²) in [4.78, 5) is 0.0571. The average Bonchev–Trinajstić information content (AvgIpc) is 2.89. The molecule has 2 aromatic carbocycles. The second kappa shape index (κ2) is 6.33.